The molecular formula is C21H27N3O3. The Morgan fingerprint density at radius 2 is 1.70 bits per heavy atom. The number of nitrogens with one attached hydrogen (secondary N) is 1. The molecule has 0 atom stereocenters. The Morgan fingerprint density at radius 3 is 2.44 bits per heavy atom. The Labute approximate surface area is 160 Å². The largest absolute Gasteiger partial charge is 0.495 e. The van der Waals surface area contributed by atoms with Crippen molar-refractivity contribution in [3.05, 3.63) is 54.6 Å². The van der Waals surface area contributed by atoms with Crippen molar-refractivity contribution in [3.8, 4) is 11.5 Å². The number of benzene rings is 2. The lowest BCUT2D eigenvalue weighted by atomic mass is 10.2. The SMILES string of the molecule is COc1ccccc1N1CCN(CCNC(=O)COc2ccccc2)CC1. The Bertz CT molecular complexity index is 716. The van der Waals surface area contributed by atoms with Gasteiger partial charge in [0.15, 0.2) is 6.61 Å². The molecule has 1 aliphatic heterocycles. The number of rotatable bonds is 8. The molecule has 144 valence electrons. The van der Waals surface area contributed by atoms with E-state index in [0.29, 0.717) is 12.3 Å². The Morgan fingerprint density at radius 1 is 1.00 bits per heavy atom. The van der Waals surface area contributed by atoms with Crippen molar-refractivity contribution in [1.82, 2.24) is 10.2 Å². The molecule has 0 bridgehead atoms. The van der Waals surface area contributed by atoms with Gasteiger partial charge in [-0.15, -0.1) is 0 Å². The molecule has 0 aromatic heterocycles. The summed E-state index contributed by atoms with van der Waals surface area (Å²) in [6.45, 7) is 5.35. The van der Waals surface area contributed by atoms with Gasteiger partial charge in [-0.2, -0.15) is 0 Å². The van der Waals surface area contributed by atoms with Gasteiger partial charge in [-0.25, -0.2) is 0 Å². The van der Waals surface area contributed by atoms with Crippen molar-refractivity contribution in [3.63, 3.8) is 0 Å². The summed E-state index contributed by atoms with van der Waals surface area (Å²) in [5.41, 5.74) is 1.14. The number of ether oxygens (including phenoxy) is 2. The van der Waals surface area contributed by atoms with Crippen molar-refractivity contribution in [2.24, 2.45) is 0 Å². The highest BCUT2D eigenvalue weighted by Crippen LogP contribution is 2.28. The van der Waals surface area contributed by atoms with Crippen LogP contribution in [0.3, 0.4) is 0 Å². The summed E-state index contributed by atoms with van der Waals surface area (Å²) in [4.78, 5) is 16.6. The highest BCUT2D eigenvalue weighted by molar-refractivity contribution is 5.77. The van der Waals surface area contributed by atoms with Crippen LogP contribution in [0.25, 0.3) is 0 Å². The molecule has 1 heterocycles. The maximum atomic E-state index is 11.9. The number of carbonyl (C=O) groups is 1. The van der Waals surface area contributed by atoms with Crippen LogP contribution >= 0.6 is 0 Å². The molecule has 1 N–H and O–H groups in total. The van der Waals surface area contributed by atoms with Gasteiger partial charge in [0.2, 0.25) is 0 Å². The summed E-state index contributed by atoms with van der Waals surface area (Å²) in [5.74, 6) is 1.53. The second kappa shape index (κ2) is 9.83. The van der Waals surface area contributed by atoms with Gasteiger partial charge in [0.1, 0.15) is 11.5 Å². The van der Waals surface area contributed by atoms with Gasteiger partial charge < -0.3 is 19.7 Å². The molecule has 0 aliphatic carbocycles. The van der Waals surface area contributed by atoms with Crippen molar-refractivity contribution < 1.29 is 14.3 Å². The lowest BCUT2D eigenvalue weighted by Gasteiger charge is -2.36. The maximum Gasteiger partial charge on any atom is 0.257 e. The monoisotopic (exact) mass is 369 g/mol. The van der Waals surface area contributed by atoms with Crippen LogP contribution in [0.4, 0.5) is 5.69 Å². The molecule has 3 rings (SSSR count). The van der Waals surface area contributed by atoms with Gasteiger partial charge in [-0.05, 0) is 24.3 Å². The topological polar surface area (TPSA) is 54.0 Å². The molecule has 1 aliphatic rings. The molecule has 0 radical (unpaired) electrons. The van der Waals surface area contributed by atoms with Crippen LogP contribution < -0.4 is 19.7 Å². The number of anilines is 1. The highest BCUT2D eigenvalue weighted by atomic mass is 16.5. The van der Waals surface area contributed by atoms with Crippen molar-refractivity contribution >= 4 is 11.6 Å². The molecular weight excluding hydrogens is 342 g/mol. The molecule has 27 heavy (non-hydrogen) atoms. The molecule has 6 nitrogen and oxygen atoms in total. The van der Waals surface area contributed by atoms with Crippen LogP contribution in [0.2, 0.25) is 0 Å². The minimum Gasteiger partial charge on any atom is -0.495 e. The second-order valence-electron chi connectivity index (χ2n) is 6.45. The van der Waals surface area contributed by atoms with E-state index in [1.165, 1.54) is 0 Å². The zero-order valence-corrected chi connectivity index (χ0v) is 15.8. The number of methoxy groups -OCH3 is 1. The number of hydrogen-bond acceptors (Lipinski definition) is 5. The summed E-state index contributed by atoms with van der Waals surface area (Å²) < 4.78 is 10.9. The number of amides is 1. The summed E-state index contributed by atoms with van der Waals surface area (Å²) in [7, 11) is 1.71. The van der Waals surface area contributed by atoms with Gasteiger partial charge >= 0.3 is 0 Å². The average molecular weight is 369 g/mol. The van der Waals surface area contributed by atoms with Crippen LogP contribution in [0.1, 0.15) is 0 Å². The molecule has 2 aromatic carbocycles. The first-order chi connectivity index (χ1) is 13.3. The zero-order chi connectivity index (χ0) is 18.9. The van der Waals surface area contributed by atoms with Crippen LogP contribution in [-0.2, 0) is 4.79 Å². The zero-order valence-electron chi connectivity index (χ0n) is 15.8. The standard InChI is InChI=1S/C21H27N3O3/c1-26-20-10-6-5-9-19(20)24-15-13-23(14-16-24)12-11-22-21(25)17-27-18-7-3-2-4-8-18/h2-10H,11-17H2,1H3,(H,22,25). The highest BCUT2D eigenvalue weighted by Gasteiger charge is 2.19. The van der Waals surface area contributed by atoms with Gasteiger partial charge in [-0.3, -0.25) is 9.69 Å². The first-order valence-electron chi connectivity index (χ1n) is 9.31. The van der Waals surface area contributed by atoms with Gasteiger partial charge in [0, 0.05) is 39.3 Å². The molecule has 1 fully saturated rings. The third-order valence-electron chi connectivity index (χ3n) is 4.66. The molecule has 6 heteroatoms. The smallest absolute Gasteiger partial charge is 0.257 e. The van der Waals surface area contributed by atoms with E-state index < -0.39 is 0 Å². The first-order valence-corrected chi connectivity index (χ1v) is 9.31. The average Bonchev–Trinajstić information content (AvgIpc) is 2.73. The molecule has 0 spiro atoms. The molecule has 1 amide bonds. The second-order valence-corrected chi connectivity index (χ2v) is 6.45. The Balaban J connectivity index is 1.34. The number of para-hydroxylation sites is 3. The fourth-order valence-electron chi connectivity index (χ4n) is 3.17. The lowest BCUT2D eigenvalue weighted by Crippen LogP contribution is -2.48. The number of hydrogen-bond donors (Lipinski definition) is 1. The normalized spacial score (nSPS) is 14.6. The molecule has 1 saturated heterocycles. The first kappa shape index (κ1) is 19.0. The van der Waals surface area contributed by atoms with E-state index >= 15 is 0 Å². The number of nitrogens with zero attached hydrogens (tertiary/aromatic N) is 2. The van der Waals surface area contributed by atoms with E-state index in [9.17, 15) is 4.79 Å². The van der Waals surface area contributed by atoms with E-state index in [0.717, 1.165) is 44.2 Å². The quantitative estimate of drug-likeness (QED) is 0.772. The predicted molar refractivity (Wildman–Crippen MR) is 107 cm³/mol. The minimum atomic E-state index is -0.0912. The minimum absolute atomic E-state index is 0.0472. The predicted octanol–water partition coefficient (Wildman–Crippen LogP) is 2.01. The van der Waals surface area contributed by atoms with E-state index in [4.69, 9.17) is 9.47 Å². The number of carbonyl (C=O) groups excluding carboxylic acids is 1. The van der Waals surface area contributed by atoms with Crippen LogP contribution in [0.15, 0.2) is 54.6 Å². The van der Waals surface area contributed by atoms with Crippen LogP contribution in [-0.4, -0.2) is 63.8 Å². The fourth-order valence-corrected chi connectivity index (χ4v) is 3.17. The fraction of sp³-hybridized carbons (Fsp3) is 0.381. The van der Waals surface area contributed by atoms with Gasteiger partial charge in [0.05, 0.1) is 12.8 Å². The van der Waals surface area contributed by atoms with E-state index in [1.807, 2.05) is 48.5 Å². The molecule has 0 unspecified atom stereocenters. The summed E-state index contributed by atoms with van der Waals surface area (Å²) in [6, 6.07) is 17.5. The molecule has 2 aromatic rings. The van der Waals surface area contributed by atoms with Crippen LogP contribution in [0.5, 0.6) is 11.5 Å². The third kappa shape index (κ3) is 5.62. The summed E-state index contributed by atoms with van der Waals surface area (Å²) in [5, 5.41) is 2.92. The Kier molecular flexibility index (Phi) is 6.93. The van der Waals surface area contributed by atoms with E-state index in [2.05, 4.69) is 21.2 Å². The van der Waals surface area contributed by atoms with Gasteiger partial charge in [-0.1, -0.05) is 30.3 Å². The van der Waals surface area contributed by atoms with Crippen molar-refractivity contribution in [2.45, 2.75) is 0 Å². The van der Waals surface area contributed by atoms with E-state index in [1.54, 1.807) is 7.11 Å². The number of piperazine rings is 1. The molecule has 0 saturated carbocycles. The van der Waals surface area contributed by atoms with Crippen molar-refractivity contribution in [2.75, 3.05) is 57.9 Å². The van der Waals surface area contributed by atoms with Gasteiger partial charge in [0.25, 0.3) is 5.91 Å². The van der Waals surface area contributed by atoms with Crippen molar-refractivity contribution in [1.29, 1.82) is 0 Å². The summed E-state index contributed by atoms with van der Waals surface area (Å²) in [6.07, 6.45) is 0. The third-order valence-corrected chi connectivity index (χ3v) is 4.66. The van der Waals surface area contributed by atoms with E-state index in [-0.39, 0.29) is 12.5 Å². The lowest BCUT2D eigenvalue weighted by molar-refractivity contribution is -0.123. The van der Waals surface area contributed by atoms with Crippen LogP contribution in [0, 0.1) is 0 Å². The summed E-state index contributed by atoms with van der Waals surface area (Å²) >= 11 is 0. The maximum absolute atomic E-state index is 11.9. The Hall–Kier alpha value is -2.73.